The molecule has 0 amide bonds. The molecule has 0 unspecified atom stereocenters. The summed E-state index contributed by atoms with van der Waals surface area (Å²) >= 11 is 0. The number of benzene rings is 3. The first-order valence-corrected chi connectivity index (χ1v) is 7.72. The Morgan fingerprint density at radius 2 is 1.36 bits per heavy atom. The largest absolute Gasteiger partial charge is 0.0702 e. The highest BCUT2D eigenvalue weighted by molar-refractivity contribution is 6.13. The van der Waals surface area contributed by atoms with E-state index in [1.807, 2.05) is 26.0 Å². The average molecular weight is 282 g/mol. The van der Waals surface area contributed by atoms with Crippen molar-refractivity contribution in [2.24, 2.45) is 0 Å². The van der Waals surface area contributed by atoms with Gasteiger partial charge in [0.1, 0.15) is 0 Å². The predicted molar refractivity (Wildman–Crippen MR) is 95.9 cm³/mol. The highest BCUT2D eigenvalue weighted by Crippen LogP contribution is 2.34. The first-order valence-electron chi connectivity index (χ1n) is 7.72. The molecule has 0 fully saturated rings. The quantitative estimate of drug-likeness (QED) is 0.360. The van der Waals surface area contributed by atoms with Crippen LogP contribution in [-0.4, -0.2) is 0 Å². The van der Waals surface area contributed by atoms with E-state index in [1.165, 1.54) is 32.7 Å². The molecule has 4 aromatic rings. The second-order valence-electron chi connectivity index (χ2n) is 4.91. The summed E-state index contributed by atoms with van der Waals surface area (Å²) in [5.41, 5.74) is 2.44. The highest BCUT2D eigenvalue weighted by Gasteiger charge is 2.07. The zero-order chi connectivity index (χ0) is 15.4. The maximum absolute atomic E-state index is 3.05. The van der Waals surface area contributed by atoms with E-state index < -0.39 is 0 Å². The third-order valence-corrected chi connectivity index (χ3v) is 3.74. The first kappa shape index (κ1) is 14.2. The standard InChI is InChI=1S/C20H12.C2H6/c1-2-8-15(9-3-1)20-14-16-10-4-5-11-17(16)18-12-6-7-13-19(18)20;1-2/h2,4-14H;1-2H3. The van der Waals surface area contributed by atoms with Crippen molar-refractivity contribution >= 4 is 21.5 Å². The van der Waals surface area contributed by atoms with Crippen molar-refractivity contribution in [2.75, 3.05) is 0 Å². The summed E-state index contributed by atoms with van der Waals surface area (Å²) < 4.78 is 0. The molecule has 0 bridgehead atoms. The number of hydrogen-bond donors (Lipinski definition) is 0. The Hall–Kier alpha value is -2.78. The molecule has 0 heterocycles. The molecular weight excluding hydrogens is 264 g/mol. The summed E-state index contributed by atoms with van der Waals surface area (Å²) in [5, 5.41) is 5.16. The van der Waals surface area contributed by atoms with Crippen LogP contribution in [0.4, 0.5) is 0 Å². The number of fused-ring (bicyclic) bond motifs is 3. The molecule has 0 radical (unpaired) electrons. The minimum Gasteiger partial charge on any atom is -0.0702 e. The Morgan fingerprint density at radius 1 is 0.682 bits per heavy atom. The molecule has 4 aromatic carbocycles. The monoisotopic (exact) mass is 282 g/mol. The molecule has 0 saturated heterocycles. The Bertz CT molecular complexity index is 889. The van der Waals surface area contributed by atoms with Gasteiger partial charge in [0.15, 0.2) is 0 Å². The predicted octanol–water partition coefficient (Wildman–Crippen LogP) is 6.29. The molecule has 0 aliphatic rings. The SMILES string of the molecule is CC.c1ccc(-c2cc3ccccc3c3ccccc23)cc#1. The summed E-state index contributed by atoms with van der Waals surface area (Å²) in [6.07, 6.45) is 0. The lowest BCUT2D eigenvalue weighted by Gasteiger charge is -2.10. The fourth-order valence-electron chi connectivity index (χ4n) is 2.81. The van der Waals surface area contributed by atoms with Crippen molar-refractivity contribution < 1.29 is 0 Å². The van der Waals surface area contributed by atoms with E-state index in [2.05, 4.69) is 72.8 Å². The van der Waals surface area contributed by atoms with Crippen LogP contribution in [0, 0.1) is 12.1 Å². The third kappa shape index (κ3) is 2.43. The summed E-state index contributed by atoms with van der Waals surface area (Å²) in [7, 11) is 0. The van der Waals surface area contributed by atoms with Gasteiger partial charge >= 0.3 is 0 Å². The third-order valence-electron chi connectivity index (χ3n) is 3.74. The van der Waals surface area contributed by atoms with Crippen LogP contribution in [0.15, 0.2) is 72.8 Å². The van der Waals surface area contributed by atoms with Crippen LogP contribution in [0.5, 0.6) is 0 Å². The van der Waals surface area contributed by atoms with E-state index in [1.54, 1.807) is 0 Å². The minimum absolute atomic E-state index is 1.19. The molecule has 0 N–H and O–H groups in total. The molecule has 4 rings (SSSR count). The van der Waals surface area contributed by atoms with E-state index >= 15 is 0 Å². The summed E-state index contributed by atoms with van der Waals surface area (Å²) in [6, 6.07) is 31.4. The molecule has 22 heavy (non-hydrogen) atoms. The van der Waals surface area contributed by atoms with Crippen LogP contribution in [0.3, 0.4) is 0 Å². The molecule has 0 atom stereocenters. The molecule has 0 aromatic heterocycles. The van der Waals surface area contributed by atoms with Gasteiger partial charge in [0.25, 0.3) is 0 Å². The van der Waals surface area contributed by atoms with Crippen LogP contribution < -0.4 is 0 Å². The van der Waals surface area contributed by atoms with E-state index in [0.717, 1.165) is 0 Å². The summed E-state index contributed by atoms with van der Waals surface area (Å²) in [4.78, 5) is 0. The lowest BCUT2D eigenvalue weighted by atomic mass is 9.94. The van der Waals surface area contributed by atoms with Crippen molar-refractivity contribution in [2.45, 2.75) is 13.8 Å². The van der Waals surface area contributed by atoms with Gasteiger partial charge in [0.05, 0.1) is 0 Å². The van der Waals surface area contributed by atoms with Gasteiger partial charge in [-0.25, -0.2) is 0 Å². The maximum atomic E-state index is 3.05. The normalized spacial score (nSPS) is 9.91. The van der Waals surface area contributed by atoms with Crippen LogP contribution >= 0.6 is 0 Å². The fraction of sp³-hybridized carbons (Fsp3) is 0.0909. The maximum Gasteiger partial charge on any atom is -0.00363 e. The Balaban J connectivity index is 0.000000693. The van der Waals surface area contributed by atoms with Crippen LogP contribution in [-0.2, 0) is 0 Å². The van der Waals surface area contributed by atoms with E-state index in [9.17, 15) is 0 Å². The minimum atomic E-state index is 1.19. The second-order valence-corrected chi connectivity index (χ2v) is 4.91. The van der Waals surface area contributed by atoms with E-state index in [0.29, 0.717) is 0 Å². The number of rotatable bonds is 1. The average Bonchev–Trinajstić information content (AvgIpc) is 2.63. The molecular formula is C22H18. The van der Waals surface area contributed by atoms with Crippen molar-refractivity contribution in [3.63, 3.8) is 0 Å². The van der Waals surface area contributed by atoms with Crippen molar-refractivity contribution in [1.82, 2.24) is 0 Å². The molecule has 0 saturated carbocycles. The van der Waals surface area contributed by atoms with Gasteiger partial charge in [0, 0.05) is 0 Å². The topological polar surface area (TPSA) is 0 Å². The van der Waals surface area contributed by atoms with Crippen LogP contribution in [0.2, 0.25) is 0 Å². The molecule has 0 aliphatic carbocycles. The van der Waals surface area contributed by atoms with Gasteiger partial charge in [-0.05, 0) is 56.9 Å². The Morgan fingerprint density at radius 3 is 2.09 bits per heavy atom. The van der Waals surface area contributed by atoms with Gasteiger partial charge < -0.3 is 0 Å². The second kappa shape index (κ2) is 6.33. The van der Waals surface area contributed by atoms with Gasteiger partial charge in [-0.3, -0.25) is 0 Å². The van der Waals surface area contributed by atoms with Gasteiger partial charge in [-0.1, -0.05) is 74.5 Å². The lowest BCUT2D eigenvalue weighted by molar-refractivity contribution is 1.50. The lowest BCUT2D eigenvalue weighted by Crippen LogP contribution is -1.83. The van der Waals surface area contributed by atoms with Gasteiger partial charge in [-0.15, -0.1) is 0 Å². The zero-order valence-electron chi connectivity index (χ0n) is 12.9. The molecule has 106 valence electrons. The van der Waals surface area contributed by atoms with Gasteiger partial charge in [0.2, 0.25) is 0 Å². The van der Waals surface area contributed by atoms with Crippen LogP contribution in [0.1, 0.15) is 13.8 Å². The van der Waals surface area contributed by atoms with E-state index in [4.69, 9.17) is 0 Å². The van der Waals surface area contributed by atoms with Crippen molar-refractivity contribution in [3.05, 3.63) is 84.9 Å². The summed E-state index contributed by atoms with van der Waals surface area (Å²) in [6.45, 7) is 4.00. The van der Waals surface area contributed by atoms with Crippen molar-refractivity contribution in [1.29, 1.82) is 0 Å². The van der Waals surface area contributed by atoms with E-state index in [-0.39, 0.29) is 0 Å². The molecule has 0 nitrogen and oxygen atoms in total. The molecule has 0 spiro atoms. The Labute approximate surface area is 132 Å². The molecule has 0 aliphatic heterocycles. The molecule has 0 heteroatoms. The number of hydrogen-bond acceptors (Lipinski definition) is 0. The summed E-state index contributed by atoms with van der Waals surface area (Å²) in [5.74, 6) is 0. The van der Waals surface area contributed by atoms with Crippen LogP contribution in [0.25, 0.3) is 32.7 Å². The zero-order valence-corrected chi connectivity index (χ0v) is 12.9. The Kier molecular flexibility index (Phi) is 4.08. The fourth-order valence-corrected chi connectivity index (χ4v) is 2.81. The highest BCUT2D eigenvalue weighted by atomic mass is 14.1. The van der Waals surface area contributed by atoms with Gasteiger partial charge in [-0.2, -0.15) is 0 Å². The first-order chi connectivity index (χ1) is 10.9. The van der Waals surface area contributed by atoms with Crippen molar-refractivity contribution in [3.8, 4) is 11.1 Å². The smallest absolute Gasteiger partial charge is 0.00363 e.